The van der Waals surface area contributed by atoms with Crippen molar-refractivity contribution < 1.29 is 9.47 Å². The van der Waals surface area contributed by atoms with E-state index >= 15 is 0 Å². The summed E-state index contributed by atoms with van der Waals surface area (Å²) < 4.78 is 11.8. The highest BCUT2D eigenvalue weighted by Gasteiger charge is 2.44. The van der Waals surface area contributed by atoms with Gasteiger partial charge in [0.25, 0.3) is 0 Å². The zero-order valence-electron chi connectivity index (χ0n) is 14.8. The molecule has 0 radical (unpaired) electrons. The molecule has 21 heavy (non-hydrogen) atoms. The molecule has 4 nitrogen and oxygen atoms in total. The minimum atomic E-state index is -0.389. The van der Waals surface area contributed by atoms with Crippen LogP contribution in [-0.2, 0) is 9.47 Å². The van der Waals surface area contributed by atoms with Crippen molar-refractivity contribution in [3.05, 3.63) is 0 Å². The van der Waals surface area contributed by atoms with Gasteiger partial charge in [-0.2, -0.15) is 0 Å². The second-order valence-electron chi connectivity index (χ2n) is 8.88. The van der Waals surface area contributed by atoms with Gasteiger partial charge in [-0.15, -0.1) is 0 Å². The number of aliphatic imine (C=N–C) groups is 2. The fourth-order valence-electron chi connectivity index (χ4n) is 2.41. The average molecular weight is 294 g/mol. The molecule has 120 valence electrons. The maximum atomic E-state index is 5.88. The van der Waals surface area contributed by atoms with Gasteiger partial charge in [0.2, 0.25) is 0 Å². The second-order valence-corrected chi connectivity index (χ2v) is 8.88. The zero-order chi connectivity index (χ0) is 16.1. The molecular formula is C17H30N2O2. The SMILES string of the molecule is CC(C)(C1=N[C@H](C(C)(C)C)CO1)C1=N[C@H](C(C)(C)C)CO1. The van der Waals surface area contributed by atoms with Crippen molar-refractivity contribution in [3.63, 3.8) is 0 Å². The third kappa shape index (κ3) is 3.24. The maximum absolute atomic E-state index is 5.88. The fraction of sp³-hybridized carbons (Fsp3) is 0.882. The summed E-state index contributed by atoms with van der Waals surface area (Å²) in [4.78, 5) is 9.59. The molecule has 0 fully saturated rings. The number of rotatable bonds is 2. The predicted molar refractivity (Wildman–Crippen MR) is 87.0 cm³/mol. The lowest BCUT2D eigenvalue weighted by Crippen LogP contribution is -2.34. The van der Waals surface area contributed by atoms with Gasteiger partial charge in [-0.05, 0) is 24.7 Å². The monoisotopic (exact) mass is 294 g/mol. The van der Waals surface area contributed by atoms with Crippen LogP contribution >= 0.6 is 0 Å². The molecule has 0 aromatic heterocycles. The van der Waals surface area contributed by atoms with E-state index in [1.807, 2.05) is 0 Å². The van der Waals surface area contributed by atoms with Gasteiger partial charge in [0.05, 0.1) is 12.1 Å². The highest BCUT2D eigenvalue weighted by atomic mass is 16.5. The summed E-state index contributed by atoms with van der Waals surface area (Å²) in [5, 5.41) is 0. The Balaban J connectivity index is 2.20. The first kappa shape index (κ1) is 16.3. The Morgan fingerprint density at radius 1 is 0.714 bits per heavy atom. The third-order valence-corrected chi connectivity index (χ3v) is 4.37. The first-order valence-corrected chi connectivity index (χ1v) is 7.84. The van der Waals surface area contributed by atoms with Crippen LogP contribution in [0.2, 0.25) is 0 Å². The van der Waals surface area contributed by atoms with Crippen molar-refractivity contribution in [2.24, 2.45) is 26.2 Å². The summed E-state index contributed by atoms with van der Waals surface area (Å²) in [7, 11) is 0. The molecule has 0 amide bonds. The smallest absolute Gasteiger partial charge is 0.199 e. The van der Waals surface area contributed by atoms with Crippen molar-refractivity contribution >= 4 is 11.8 Å². The van der Waals surface area contributed by atoms with E-state index in [4.69, 9.17) is 19.5 Å². The van der Waals surface area contributed by atoms with Gasteiger partial charge in [0, 0.05) is 0 Å². The van der Waals surface area contributed by atoms with Crippen molar-refractivity contribution in [2.45, 2.75) is 67.5 Å². The summed E-state index contributed by atoms with van der Waals surface area (Å²) in [5.74, 6) is 1.52. The van der Waals surface area contributed by atoms with Crippen LogP contribution in [0, 0.1) is 16.2 Å². The summed E-state index contributed by atoms with van der Waals surface area (Å²) in [6.45, 7) is 18.6. The third-order valence-electron chi connectivity index (χ3n) is 4.37. The Kier molecular flexibility index (Phi) is 3.88. The van der Waals surface area contributed by atoms with E-state index < -0.39 is 0 Å². The Morgan fingerprint density at radius 2 is 1.05 bits per heavy atom. The molecule has 0 aliphatic carbocycles. The Hall–Kier alpha value is -1.06. The fourth-order valence-corrected chi connectivity index (χ4v) is 2.41. The van der Waals surface area contributed by atoms with E-state index in [0.717, 1.165) is 11.8 Å². The molecule has 2 heterocycles. The van der Waals surface area contributed by atoms with Crippen LogP contribution in [0.15, 0.2) is 9.98 Å². The molecule has 0 aromatic rings. The molecule has 0 aromatic carbocycles. The summed E-state index contributed by atoms with van der Waals surface area (Å²) >= 11 is 0. The predicted octanol–water partition coefficient (Wildman–Crippen LogP) is 3.70. The molecule has 0 spiro atoms. The van der Waals surface area contributed by atoms with Gasteiger partial charge in [0.1, 0.15) is 18.6 Å². The van der Waals surface area contributed by atoms with Crippen LogP contribution in [0.4, 0.5) is 0 Å². The number of ether oxygens (including phenoxy) is 2. The molecule has 0 bridgehead atoms. The maximum Gasteiger partial charge on any atom is 0.199 e. The van der Waals surface area contributed by atoms with E-state index in [1.165, 1.54) is 0 Å². The molecule has 2 aliphatic heterocycles. The summed E-state index contributed by atoms with van der Waals surface area (Å²) in [6.07, 6.45) is 0. The van der Waals surface area contributed by atoms with Crippen LogP contribution < -0.4 is 0 Å². The lowest BCUT2D eigenvalue weighted by atomic mass is 9.87. The first-order valence-electron chi connectivity index (χ1n) is 7.84. The van der Waals surface area contributed by atoms with Gasteiger partial charge in [-0.1, -0.05) is 41.5 Å². The highest BCUT2D eigenvalue weighted by Crippen LogP contribution is 2.35. The molecular weight excluding hydrogens is 264 g/mol. The normalized spacial score (nSPS) is 27.0. The number of nitrogens with zero attached hydrogens (tertiary/aromatic N) is 2. The summed E-state index contributed by atoms with van der Waals surface area (Å²) in [6, 6.07) is 0.402. The largest absolute Gasteiger partial charge is 0.478 e. The molecule has 2 rings (SSSR count). The molecule has 2 atom stereocenters. The van der Waals surface area contributed by atoms with Crippen LogP contribution in [0.25, 0.3) is 0 Å². The van der Waals surface area contributed by atoms with Crippen molar-refractivity contribution in [1.82, 2.24) is 0 Å². The van der Waals surface area contributed by atoms with Gasteiger partial charge < -0.3 is 9.47 Å². The number of hydrogen-bond acceptors (Lipinski definition) is 4. The standard InChI is InChI=1S/C17H30N2O2/c1-15(2,3)11-9-20-13(18-11)17(7,8)14-19-12(10-21-14)16(4,5)6/h11-12H,9-10H2,1-8H3/t11-,12-/m0/s1. The van der Waals surface area contributed by atoms with E-state index in [2.05, 4.69) is 55.4 Å². The second kappa shape index (κ2) is 4.99. The van der Waals surface area contributed by atoms with E-state index in [-0.39, 0.29) is 28.3 Å². The lowest BCUT2D eigenvalue weighted by Gasteiger charge is -2.23. The minimum Gasteiger partial charge on any atom is -0.478 e. The zero-order valence-corrected chi connectivity index (χ0v) is 14.8. The van der Waals surface area contributed by atoms with Crippen LogP contribution in [0.3, 0.4) is 0 Å². The quantitative estimate of drug-likeness (QED) is 0.779. The molecule has 0 unspecified atom stereocenters. The van der Waals surface area contributed by atoms with Crippen LogP contribution in [0.1, 0.15) is 55.4 Å². The average Bonchev–Trinajstić information content (AvgIpc) is 2.97. The van der Waals surface area contributed by atoms with Gasteiger partial charge in [-0.25, -0.2) is 9.98 Å². The topological polar surface area (TPSA) is 43.2 Å². The lowest BCUT2D eigenvalue weighted by molar-refractivity contribution is 0.214. The van der Waals surface area contributed by atoms with Crippen molar-refractivity contribution in [3.8, 4) is 0 Å². The Morgan fingerprint density at radius 3 is 1.29 bits per heavy atom. The Labute approximate surface area is 129 Å². The van der Waals surface area contributed by atoms with Gasteiger partial charge >= 0.3 is 0 Å². The van der Waals surface area contributed by atoms with E-state index in [9.17, 15) is 0 Å². The van der Waals surface area contributed by atoms with Crippen molar-refractivity contribution in [1.29, 1.82) is 0 Å². The van der Waals surface area contributed by atoms with E-state index in [1.54, 1.807) is 0 Å². The van der Waals surface area contributed by atoms with Crippen molar-refractivity contribution in [2.75, 3.05) is 13.2 Å². The van der Waals surface area contributed by atoms with E-state index in [0.29, 0.717) is 13.2 Å². The van der Waals surface area contributed by atoms with Crippen LogP contribution in [-0.4, -0.2) is 37.1 Å². The Bertz CT molecular complexity index is 422. The minimum absolute atomic E-state index is 0.115. The number of hydrogen-bond donors (Lipinski definition) is 0. The van der Waals surface area contributed by atoms with Gasteiger partial charge in [0.15, 0.2) is 11.8 Å². The summed E-state index contributed by atoms with van der Waals surface area (Å²) in [5.41, 5.74) is -0.158. The first-order chi connectivity index (χ1) is 9.42. The molecule has 4 heteroatoms. The van der Waals surface area contributed by atoms with Gasteiger partial charge in [-0.3, -0.25) is 0 Å². The van der Waals surface area contributed by atoms with Crippen LogP contribution in [0.5, 0.6) is 0 Å². The molecule has 2 aliphatic rings. The molecule has 0 saturated heterocycles. The molecule has 0 saturated carbocycles. The highest BCUT2D eigenvalue weighted by molar-refractivity contribution is 6.05. The molecule has 0 N–H and O–H groups in total.